The molecule has 0 amide bonds. The number of nitriles is 1. The molecule has 1 N–H and O–H groups in total. The molecule has 26 heavy (non-hydrogen) atoms. The minimum Gasteiger partial charge on any atom is -0.493 e. The number of ether oxygens (including phenoxy) is 3. The van der Waals surface area contributed by atoms with Crippen LogP contribution < -0.4 is 9.47 Å². The van der Waals surface area contributed by atoms with Gasteiger partial charge in [-0.1, -0.05) is 6.07 Å². The SMILES string of the molecule is COc1ccc([C@]2(C#N)CC[C@@H](OC(=O)O)CC2)cc1OC1CCCC1. The van der Waals surface area contributed by atoms with E-state index in [4.69, 9.17) is 19.3 Å². The molecule has 0 bridgehead atoms. The molecule has 6 nitrogen and oxygen atoms in total. The Morgan fingerprint density at radius 3 is 2.42 bits per heavy atom. The molecule has 1 aromatic carbocycles. The van der Waals surface area contributed by atoms with Gasteiger partial charge in [0.15, 0.2) is 11.5 Å². The van der Waals surface area contributed by atoms with Gasteiger partial charge >= 0.3 is 6.16 Å². The number of hydrogen-bond acceptors (Lipinski definition) is 5. The topological polar surface area (TPSA) is 88.8 Å². The van der Waals surface area contributed by atoms with Crippen molar-refractivity contribution in [1.82, 2.24) is 0 Å². The molecular weight excluding hydrogens is 334 g/mol. The maximum absolute atomic E-state index is 10.7. The number of nitrogens with zero attached hydrogens (tertiary/aromatic N) is 1. The lowest BCUT2D eigenvalue weighted by Gasteiger charge is -2.35. The van der Waals surface area contributed by atoms with Crippen LogP contribution in [0.15, 0.2) is 18.2 Å². The summed E-state index contributed by atoms with van der Waals surface area (Å²) in [7, 11) is 1.62. The molecule has 0 aromatic heterocycles. The van der Waals surface area contributed by atoms with Crippen molar-refractivity contribution >= 4 is 6.16 Å². The molecule has 0 saturated heterocycles. The monoisotopic (exact) mass is 359 g/mol. The fourth-order valence-corrected chi connectivity index (χ4v) is 4.06. The molecule has 0 spiro atoms. The van der Waals surface area contributed by atoms with E-state index in [0.717, 1.165) is 18.4 Å². The molecule has 0 aliphatic heterocycles. The van der Waals surface area contributed by atoms with Crippen LogP contribution in [0.2, 0.25) is 0 Å². The molecule has 3 rings (SSSR count). The highest BCUT2D eigenvalue weighted by molar-refractivity contribution is 5.57. The van der Waals surface area contributed by atoms with E-state index >= 15 is 0 Å². The second kappa shape index (κ2) is 7.86. The number of carbonyl (C=O) groups is 1. The smallest absolute Gasteiger partial charge is 0.493 e. The third kappa shape index (κ3) is 3.87. The summed E-state index contributed by atoms with van der Waals surface area (Å²) in [6.45, 7) is 0. The Morgan fingerprint density at radius 1 is 1.15 bits per heavy atom. The maximum atomic E-state index is 10.7. The van der Waals surface area contributed by atoms with Gasteiger partial charge in [-0.3, -0.25) is 0 Å². The molecule has 0 unspecified atom stereocenters. The molecule has 2 aliphatic carbocycles. The summed E-state index contributed by atoms with van der Waals surface area (Å²) in [5.41, 5.74) is 0.265. The summed E-state index contributed by atoms with van der Waals surface area (Å²) in [6, 6.07) is 8.17. The Labute approximate surface area is 153 Å². The molecule has 140 valence electrons. The first-order chi connectivity index (χ1) is 12.6. The van der Waals surface area contributed by atoms with Gasteiger partial charge in [-0.05, 0) is 69.1 Å². The predicted octanol–water partition coefficient (Wildman–Crippen LogP) is 4.42. The van der Waals surface area contributed by atoms with Crippen molar-refractivity contribution in [1.29, 1.82) is 5.26 Å². The lowest BCUT2D eigenvalue weighted by Crippen LogP contribution is -2.34. The predicted molar refractivity (Wildman–Crippen MR) is 94.5 cm³/mol. The van der Waals surface area contributed by atoms with Gasteiger partial charge in [-0.15, -0.1) is 0 Å². The molecule has 1 aromatic rings. The second-order valence-electron chi connectivity index (χ2n) is 7.17. The van der Waals surface area contributed by atoms with E-state index in [1.165, 1.54) is 12.8 Å². The third-order valence-electron chi connectivity index (χ3n) is 5.58. The number of hydrogen-bond donors (Lipinski definition) is 1. The van der Waals surface area contributed by atoms with Crippen LogP contribution in [0.25, 0.3) is 0 Å². The van der Waals surface area contributed by atoms with Crippen LogP contribution in [0.4, 0.5) is 4.79 Å². The number of benzene rings is 1. The molecule has 2 fully saturated rings. The van der Waals surface area contributed by atoms with E-state index in [1.54, 1.807) is 7.11 Å². The maximum Gasteiger partial charge on any atom is 0.506 e. The first-order valence-electron chi connectivity index (χ1n) is 9.22. The van der Waals surface area contributed by atoms with Gasteiger partial charge in [0, 0.05) is 0 Å². The van der Waals surface area contributed by atoms with Crippen LogP contribution in [0.3, 0.4) is 0 Å². The fourth-order valence-electron chi connectivity index (χ4n) is 4.06. The standard InChI is InChI=1S/C20H25NO5/c1-24-17-7-6-14(12-18(17)25-15-4-2-3-5-15)20(13-21)10-8-16(9-11-20)26-19(22)23/h6-7,12,15-16H,2-5,8-11H2,1H3,(H,22,23)/t16-,20-. The van der Waals surface area contributed by atoms with Gasteiger partial charge in [0.05, 0.1) is 24.7 Å². The van der Waals surface area contributed by atoms with Gasteiger partial charge in [0.2, 0.25) is 0 Å². The van der Waals surface area contributed by atoms with Crippen LogP contribution in [0.5, 0.6) is 11.5 Å². The largest absolute Gasteiger partial charge is 0.506 e. The Kier molecular flexibility index (Phi) is 5.55. The molecule has 0 heterocycles. The third-order valence-corrected chi connectivity index (χ3v) is 5.58. The van der Waals surface area contributed by atoms with Crippen molar-refractivity contribution in [2.24, 2.45) is 0 Å². The van der Waals surface area contributed by atoms with Crippen molar-refractivity contribution < 1.29 is 24.1 Å². The lowest BCUT2D eigenvalue weighted by atomic mass is 9.69. The van der Waals surface area contributed by atoms with Gasteiger partial charge < -0.3 is 19.3 Å². The molecular formula is C20H25NO5. The minimum atomic E-state index is -1.25. The molecule has 2 aliphatic rings. The van der Waals surface area contributed by atoms with Gasteiger partial charge in [-0.25, -0.2) is 4.79 Å². The first kappa shape index (κ1) is 18.4. The van der Waals surface area contributed by atoms with E-state index in [-0.39, 0.29) is 12.2 Å². The first-order valence-corrected chi connectivity index (χ1v) is 9.22. The Hall–Kier alpha value is -2.42. The molecule has 0 radical (unpaired) electrons. The minimum absolute atomic E-state index is 0.205. The van der Waals surface area contributed by atoms with Crippen LogP contribution in [0.1, 0.15) is 56.9 Å². The molecule has 0 atom stereocenters. The normalized spacial score (nSPS) is 26.1. The van der Waals surface area contributed by atoms with Crippen molar-refractivity contribution in [3.8, 4) is 17.6 Å². The van der Waals surface area contributed by atoms with Crippen LogP contribution in [-0.4, -0.2) is 30.6 Å². The molecule has 2 saturated carbocycles. The highest BCUT2D eigenvalue weighted by Gasteiger charge is 2.39. The summed E-state index contributed by atoms with van der Waals surface area (Å²) < 4.78 is 16.5. The zero-order valence-electron chi connectivity index (χ0n) is 15.1. The summed E-state index contributed by atoms with van der Waals surface area (Å²) in [4.78, 5) is 10.7. The van der Waals surface area contributed by atoms with E-state index in [0.29, 0.717) is 37.2 Å². The van der Waals surface area contributed by atoms with Crippen LogP contribution in [0, 0.1) is 11.3 Å². The summed E-state index contributed by atoms with van der Waals surface area (Å²) in [5, 5.41) is 18.7. The van der Waals surface area contributed by atoms with Crippen molar-refractivity contribution in [3.63, 3.8) is 0 Å². The second-order valence-corrected chi connectivity index (χ2v) is 7.17. The zero-order chi connectivity index (χ0) is 18.6. The van der Waals surface area contributed by atoms with Crippen LogP contribution >= 0.6 is 0 Å². The van der Waals surface area contributed by atoms with E-state index in [9.17, 15) is 10.1 Å². The Bertz CT molecular complexity index is 682. The highest BCUT2D eigenvalue weighted by Crippen LogP contribution is 2.43. The summed E-state index contributed by atoms with van der Waals surface area (Å²) in [6.07, 6.45) is 5.30. The van der Waals surface area contributed by atoms with Crippen molar-refractivity contribution in [3.05, 3.63) is 23.8 Å². The number of rotatable bonds is 5. The van der Waals surface area contributed by atoms with Gasteiger partial charge in [0.25, 0.3) is 0 Å². The highest BCUT2D eigenvalue weighted by atomic mass is 16.7. The Morgan fingerprint density at radius 2 is 1.85 bits per heavy atom. The van der Waals surface area contributed by atoms with E-state index < -0.39 is 11.6 Å². The lowest BCUT2D eigenvalue weighted by molar-refractivity contribution is 0.0286. The molecule has 6 heteroatoms. The summed E-state index contributed by atoms with van der Waals surface area (Å²) in [5.74, 6) is 1.37. The van der Waals surface area contributed by atoms with Crippen molar-refractivity contribution in [2.75, 3.05) is 7.11 Å². The quantitative estimate of drug-likeness (QED) is 0.783. The van der Waals surface area contributed by atoms with E-state index in [1.807, 2.05) is 18.2 Å². The summed E-state index contributed by atoms with van der Waals surface area (Å²) >= 11 is 0. The van der Waals surface area contributed by atoms with Gasteiger partial charge in [-0.2, -0.15) is 5.26 Å². The average molecular weight is 359 g/mol. The zero-order valence-corrected chi connectivity index (χ0v) is 15.1. The van der Waals surface area contributed by atoms with E-state index in [2.05, 4.69) is 6.07 Å². The fraction of sp³-hybridized carbons (Fsp3) is 0.600. The van der Waals surface area contributed by atoms with Crippen LogP contribution in [-0.2, 0) is 10.2 Å². The van der Waals surface area contributed by atoms with Gasteiger partial charge in [0.1, 0.15) is 6.10 Å². The van der Waals surface area contributed by atoms with Crippen molar-refractivity contribution in [2.45, 2.75) is 69.0 Å². The number of carboxylic acid groups (broad SMARTS) is 1. The number of methoxy groups -OCH3 is 1. The Balaban J connectivity index is 1.80. The average Bonchev–Trinajstić information content (AvgIpc) is 3.15.